The van der Waals surface area contributed by atoms with Gasteiger partial charge in [-0.1, -0.05) is 0 Å². The smallest absolute Gasteiger partial charge is 0.137 e. The predicted octanol–water partition coefficient (Wildman–Crippen LogP) is 3.87. The minimum absolute atomic E-state index is 0.263. The van der Waals surface area contributed by atoms with Crippen molar-refractivity contribution in [3.63, 3.8) is 0 Å². The quantitative estimate of drug-likeness (QED) is 0.325. The standard InChI is InChI=1S/C25H24N4O4/c1-5-21(13-26-9-1)30-17-25(18-31-22-6-2-10-27-14-22,19-32-23-7-3-11-28-15-23)20-33-24-8-4-12-29-16-24/h1-16H,17-20H2. The van der Waals surface area contributed by atoms with E-state index in [0.717, 1.165) is 0 Å². The van der Waals surface area contributed by atoms with Crippen LogP contribution in [-0.4, -0.2) is 46.4 Å². The molecule has 4 aromatic rings. The highest BCUT2D eigenvalue weighted by atomic mass is 16.5. The fourth-order valence-corrected chi connectivity index (χ4v) is 2.93. The second kappa shape index (κ2) is 11.4. The highest BCUT2D eigenvalue weighted by Gasteiger charge is 2.36. The molecule has 0 saturated heterocycles. The molecule has 0 aliphatic carbocycles. The maximum Gasteiger partial charge on any atom is 0.137 e. The van der Waals surface area contributed by atoms with E-state index in [0.29, 0.717) is 23.0 Å². The Morgan fingerprint density at radius 2 is 0.727 bits per heavy atom. The highest BCUT2D eigenvalue weighted by molar-refractivity contribution is 5.19. The van der Waals surface area contributed by atoms with Gasteiger partial charge in [0.1, 0.15) is 54.8 Å². The molecule has 4 rings (SSSR count). The number of hydrogen-bond donors (Lipinski definition) is 0. The van der Waals surface area contributed by atoms with Crippen molar-refractivity contribution >= 4 is 0 Å². The summed E-state index contributed by atoms with van der Waals surface area (Å²) in [5.41, 5.74) is -0.683. The number of aromatic nitrogens is 4. The van der Waals surface area contributed by atoms with Crippen LogP contribution in [0, 0.1) is 5.41 Å². The van der Waals surface area contributed by atoms with Crippen molar-refractivity contribution in [1.82, 2.24) is 19.9 Å². The van der Waals surface area contributed by atoms with Gasteiger partial charge in [-0.2, -0.15) is 0 Å². The van der Waals surface area contributed by atoms with Crippen molar-refractivity contribution < 1.29 is 18.9 Å². The topological polar surface area (TPSA) is 88.5 Å². The van der Waals surface area contributed by atoms with Gasteiger partial charge >= 0.3 is 0 Å². The van der Waals surface area contributed by atoms with E-state index in [2.05, 4.69) is 19.9 Å². The lowest BCUT2D eigenvalue weighted by Crippen LogP contribution is -2.45. The van der Waals surface area contributed by atoms with Crippen LogP contribution < -0.4 is 18.9 Å². The Labute approximate surface area is 192 Å². The first-order valence-electron chi connectivity index (χ1n) is 10.4. The van der Waals surface area contributed by atoms with Crippen molar-refractivity contribution in [1.29, 1.82) is 0 Å². The summed E-state index contributed by atoms with van der Waals surface area (Å²) in [4.78, 5) is 16.5. The van der Waals surface area contributed by atoms with Crippen molar-refractivity contribution in [2.45, 2.75) is 0 Å². The largest absolute Gasteiger partial charge is 0.491 e. The van der Waals surface area contributed by atoms with Gasteiger partial charge in [0.05, 0.1) is 24.8 Å². The Kier molecular flexibility index (Phi) is 7.62. The molecule has 33 heavy (non-hydrogen) atoms. The maximum atomic E-state index is 6.09. The van der Waals surface area contributed by atoms with Crippen molar-refractivity contribution in [3.05, 3.63) is 98.1 Å². The summed E-state index contributed by atoms with van der Waals surface area (Å²) >= 11 is 0. The van der Waals surface area contributed by atoms with Gasteiger partial charge in [0.2, 0.25) is 0 Å². The third-order valence-corrected chi connectivity index (χ3v) is 4.72. The minimum atomic E-state index is -0.683. The molecule has 0 aromatic carbocycles. The molecule has 0 spiro atoms. The lowest BCUT2D eigenvalue weighted by atomic mass is 9.92. The van der Waals surface area contributed by atoms with E-state index >= 15 is 0 Å². The zero-order valence-electron chi connectivity index (χ0n) is 18.0. The van der Waals surface area contributed by atoms with Gasteiger partial charge in [0.25, 0.3) is 0 Å². The second-order valence-corrected chi connectivity index (χ2v) is 7.41. The second-order valence-electron chi connectivity index (χ2n) is 7.41. The molecule has 0 amide bonds. The van der Waals surface area contributed by atoms with Crippen LogP contribution in [0.3, 0.4) is 0 Å². The lowest BCUT2D eigenvalue weighted by molar-refractivity contribution is -0.00386. The van der Waals surface area contributed by atoms with Gasteiger partial charge in [0, 0.05) is 24.8 Å². The van der Waals surface area contributed by atoms with Crippen molar-refractivity contribution in [2.75, 3.05) is 26.4 Å². The summed E-state index contributed by atoms with van der Waals surface area (Å²) in [5, 5.41) is 0. The molecule has 0 aliphatic heterocycles. The molecule has 0 atom stereocenters. The summed E-state index contributed by atoms with van der Waals surface area (Å²) in [6.45, 7) is 1.05. The molecule has 0 unspecified atom stereocenters. The van der Waals surface area contributed by atoms with E-state index in [1.807, 2.05) is 48.5 Å². The number of rotatable bonds is 12. The third kappa shape index (κ3) is 6.90. The molecule has 0 saturated carbocycles. The normalized spacial score (nSPS) is 10.9. The van der Waals surface area contributed by atoms with Crippen LogP contribution in [0.4, 0.5) is 0 Å². The third-order valence-electron chi connectivity index (χ3n) is 4.72. The van der Waals surface area contributed by atoms with Crippen molar-refractivity contribution in [3.8, 4) is 23.0 Å². The molecule has 168 valence electrons. The molecule has 4 heterocycles. The Balaban J connectivity index is 1.56. The Morgan fingerprint density at radius 1 is 0.455 bits per heavy atom. The van der Waals surface area contributed by atoms with Gasteiger partial charge in [-0.05, 0) is 48.5 Å². The molecule has 0 N–H and O–H groups in total. The lowest BCUT2D eigenvalue weighted by Gasteiger charge is -2.33. The van der Waals surface area contributed by atoms with Gasteiger partial charge in [-0.3, -0.25) is 19.9 Å². The summed E-state index contributed by atoms with van der Waals surface area (Å²) < 4.78 is 24.3. The first-order chi connectivity index (χ1) is 16.3. The van der Waals surface area contributed by atoms with E-state index in [9.17, 15) is 0 Å². The fourth-order valence-electron chi connectivity index (χ4n) is 2.93. The van der Waals surface area contributed by atoms with E-state index in [4.69, 9.17) is 18.9 Å². The molecule has 0 radical (unpaired) electrons. The molecule has 8 nitrogen and oxygen atoms in total. The Bertz CT molecular complexity index is 891. The summed E-state index contributed by atoms with van der Waals surface area (Å²) in [6, 6.07) is 14.7. The van der Waals surface area contributed by atoms with Crippen LogP contribution in [0.1, 0.15) is 0 Å². The predicted molar refractivity (Wildman–Crippen MR) is 121 cm³/mol. The number of pyridine rings is 4. The average Bonchev–Trinajstić information content (AvgIpc) is 2.90. The molecule has 8 heteroatoms. The van der Waals surface area contributed by atoms with E-state index < -0.39 is 5.41 Å². The minimum Gasteiger partial charge on any atom is -0.491 e. The van der Waals surface area contributed by atoms with Crippen LogP contribution >= 0.6 is 0 Å². The van der Waals surface area contributed by atoms with Crippen molar-refractivity contribution in [2.24, 2.45) is 5.41 Å². The van der Waals surface area contributed by atoms with Gasteiger partial charge < -0.3 is 18.9 Å². The van der Waals surface area contributed by atoms with Crippen LogP contribution in [0.25, 0.3) is 0 Å². The monoisotopic (exact) mass is 444 g/mol. The fraction of sp³-hybridized carbons (Fsp3) is 0.200. The van der Waals surface area contributed by atoms with Crippen LogP contribution in [-0.2, 0) is 0 Å². The van der Waals surface area contributed by atoms with Crippen LogP contribution in [0.15, 0.2) is 98.1 Å². The molecule has 0 bridgehead atoms. The summed E-state index contributed by atoms with van der Waals surface area (Å²) in [5.74, 6) is 2.58. The Morgan fingerprint density at radius 3 is 0.939 bits per heavy atom. The Hall–Kier alpha value is -4.20. The van der Waals surface area contributed by atoms with Crippen LogP contribution in [0.5, 0.6) is 23.0 Å². The molecule has 4 aromatic heterocycles. The van der Waals surface area contributed by atoms with Gasteiger partial charge in [-0.25, -0.2) is 0 Å². The first-order valence-corrected chi connectivity index (χ1v) is 10.4. The first kappa shape index (κ1) is 22.0. The van der Waals surface area contributed by atoms with Crippen LogP contribution in [0.2, 0.25) is 0 Å². The van der Waals surface area contributed by atoms with E-state index in [1.54, 1.807) is 49.6 Å². The number of hydrogen-bond acceptors (Lipinski definition) is 8. The molecular weight excluding hydrogens is 420 g/mol. The zero-order valence-corrected chi connectivity index (χ0v) is 18.0. The highest BCUT2D eigenvalue weighted by Crippen LogP contribution is 2.25. The maximum absolute atomic E-state index is 6.09. The molecule has 0 aliphatic rings. The van der Waals surface area contributed by atoms with Gasteiger partial charge in [0.15, 0.2) is 0 Å². The number of ether oxygens (including phenoxy) is 4. The zero-order chi connectivity index (χ0) is 22.6. The SMILES string of the molecule is c1cncc(OCC(COc2cccnc2)(COc2cccnc2)COc2cccnc2)c1. The number of nitrogens with zero attached hydrogens (tertiary/aromatic N) is 4. The average molecular weight is 444 g/mol. The molecule has 0 fully saturated rings. The molecular formula is C25H24N4O4. The summed E-state index contributed by atoms with van der Waals surface area (Å²) in [7, 11) is 0. The van der Waals surface area contributed by atoms with E-state index in [1.165, 1.54) is 0 Å². The van der Waals surface area contributed by atoms with E-state index in [-0.39, 0.29) is 26.4 Å². The van der Waals surface area contributed by atoms with Gasteiger partial charge in [-0.15, -0.1) is 0 Å². The summed E-state index contributed by atoms with van der Waals surface area (Å²) in [6.07, 6.45) is 13.4.